The summed E-state index contributed by atoms with van der Waals surface area (Å²) in [5.74, 6) is -0.00666. The summed E-state index contributed by atoms with van der Waals surface area (Å²) in [5.41, 5.74) is 0.355. The van der Waals surface area contributed by atoms with Crippen molar-refractivity contribution < 1.29 is 19.1 Å². The van der Waals surface area contributed by atoms with Crippen molar-refractivity contribution in [1.29, 1.82) is 0 Å². The van der Waals surface area contributed by atoms with Crippen molar-refractivity contribution in [3.05, 3.63) is 28.8 Å². The molecule has 2 amide bonds. The maximum absolute atomic E-state index is 12.3. The Morgan fingerprint density at radius 3 is 2.54 bits per heavy atom. The molecule has 1 heterocycles. The number of ketones is 1. The van der Waals surface area contributed by atoms with Gasteiger partial charge in [-0.25, -0.2) is 0 Å². The highest BCUT2D eigenvalue weighted by Crippen LogP contribution is 2.24. The van der Waals surface area contributed by atoms with E-state index in [4.69, 9.17) is 16.3 Å². The van der Waals surface area contributed by atoms with Crippen molar-refractivity contribution in [3.8, 4) is 5.75 Å². The minimum Gasteiger partial charge on any atom is -0.483 e. The number of benzene rings is 1. The first-order chi connectivity index (χ1) is 11.4. The molecule has 0 saturated carbocycles. The Balaban J connectivity index is 1.91. The van der Waals surface area contributed by atoms with E-state index < -0.39 is 0 Å². The van der Waals surface area contributed by atoms with Gasteiger partial charge in [0.1, 0.15) is 5.75 Å². The van der Waals surface area contributed by atoms with Crippen LogP contribution in [0.2, 0.25) is 5.02 Å². The highest BCUT2D eigenvalue weighted by molar-refractivity contribution is 6.31. The van der Waals surface area contributed by atoms with E-state index in [-0.39, 0.29) is 30.1 Å². The van der Waals surface area contributed by atoms with Crippen LogP contribution in [0.4, 0.5) is 0 Å². The fraction of sp³-hybridized carbons (Fsp3) is 0.471. The van der Waals surface area contributed by atoms with Crippen LogP contribution in [-0.4, -0.2) is 49.2 Å². The molecule has 0 unspecified atom stereocenters. The van der Waals surface area contributed by atoms with E-state index in [1.807, 2.05) is 0 Å². The van der Waals surface area contributed by atoms with Crippen LogP contribution in [-0.2, 0) is 9.59 Å². The van der Waals surface area contributed by atoms with Crippen LogP contribution in [0.15, 0.2) is 18.2 Å². The number of ether oxygens (including phenoxy) is 1. The third kappa shape index (κ3) is 4.47. The van der Waals surface area contributed by atoms with E-state index >= 15 is 0 Å². The molecule has 1 N–H and O–H groups in total. The molecule has 6 nitrogen and oxygen atoms in total. The zero-order chi connectivity index (χ0) is 17.7. The Kier molecular flexibility index (Phi) is 6.20. The molecule has 0 aliphatic carbocycles. The fourth-order valence-corrected chi connectivity index (χ4v) is 2.90. The maximum Gasteiger partial charge on any atom is 0.260 e. The smallest absolute Gasteiger partial charge is 0.260 e. The molecular weight excluding hydrogens is 332 g/mol. The van der Waals surface area contributed by atoms with Gasteiger partial charge in [0.05, 0.1) is 5.56 Å². The molecule has 1 aliphatic rings. The van der Waals surface area contributed by atoms with Gasteiger partial charge in [-0.15, -0.1) is 0 Å². The highest BCUT2D eigenvalue weighted by atomic mass is 35.5. The lowest BCUT2D eigenvalue weighted by atomic mass is 9.96. The van der Waals surface area contributed by atoms with Crippen molar-refractivity contribution >= 4 is 29.2 Å². The standard InChI is InChI=1S/C17H21ClN2O4/c1-11(21)14-9-13(18)3-4-15(14)24-10-16(22)20-7-5-12(6-8-20)17(23)19-2/h3-4,9,12H,5-8,10H2,1-2H3,(H,19,23). The molecule has 1 aliphatic heterocycles. The van der Waals surface area contributed by atoms with Gasteiger partial charge in [0.15, 0.2) is 12.4 Å². The summed E-state index contributed by atoms with van der Waals surface area (Å²) in [6, 6.07) is 4.73. The summed E-state index contributed by atoms with van der Waals surface area (Å²) < 4.78 is 5.51. The number of halogens is 1. The number of nitrogens with zero attached hydrogens (tertiary/aromatic N) is 1. The first-order valence-corrected chi connectivity index (χ1v) is 8.22. The predicted octanol–water partition coefficient (Wildman–Crippen LogP) is 1.91. The number of piperidine rings is 1. The van der Waals surface area contributed by atoms with Crippen molar-refractivity contribution in [3.63, 3.8) is 0 Å². The van der Waals surface area contributed by atoms with Gasteiger partial charge in [-0.3, -0.25) is 14.4 Å². The molecule has 1 aromatic rings. The summed E-state index contributed by atoms with van der Waals surface area (Å²) in [5, 5.41) is 3.08. The van der Waals surface area contributed by atoms with Gasteiger partial charge in [-0.1, -0.05) is 11.6 Å². The Bertz CT molecular complexity index is 639. The number of likely N-dealkylation sites (tertiary alicyclic amines) is 1. The van der Waals surface area contributed by atoms with Crippen molar-refractivity contribution in [2.45, 2.75) is 19.8 Å². The number of hydrogen-bond donors (Lipinski definition) is 1. The van der Waals surface area contributed by atoms with Crippen LogP contribution < -0.4 is 10.1 Å². The molecule has 2 rings (SSSR count). The monoisotopic (exact) mass is 352 g/mol. The molecule has 130 valence electrons. The van der Waals surface area contributed by atoms with Crippen molar-refractivity contribution in [2.24, 2.45) is 5.92 Å². The van der Waals surface area contributed by atoms with Crippen LogP contribution in [0, 0.1) is 5.92 Å². The third-order valence-electron chi connectivity index (χ3n) is 4.14. The Morgan fingerprint density at radius 2 is 1.96 bits per heavy atom. The van der Waals surface area contributed by atoms with Crippen molar-refractivity contribution in [2.75, 3.05) is 26.7 Å². The highest BCUT2D eigenvalue weighted by Gasteiger charge is 2.27. The normalized spacial score (nSPS) is 15.0. The number of hydrogen-bond acceptors (Lipinski definition) is 4. The van der Waals surface area contributed by atoms with E-state index in [2.05, 4.69) is 5.32 Å². The molecule has 0 aromatic heterocycles. The number of nitrogens with one attached hydrogen (secondary N) is 1. The lowest BCUT2D eigenvalue weighted by Crippen LogP contribution is -2.44. The minimum atomic E-state index is -0.175. The van der Waals surface area contributed by atoms with E-state index in [0.717, 1.165) is 0 Å². The third-order valence-corrected chi connectivity index (χ3v) is 4.37. The number of rotatable bonds is 5. The number of amides is 2. The number of carbonyl (C=O) groups is 3. The summed E-state index contributed by atoms with van der Waals surface area (Å²) in [6.07, 6.45) is 1.29. The molecule has 0 atom stereocenters. The second kappa shape index (κ2) is 8.15. The molecule has 1 saturated heterocycles. The second-order valence-corrected chi connectivity index (χ2v) is 6.19. The average molecular weight is 353 g/mol. The zero-order valence-corrected chi connectivity index (χ0v) is 14.6. The van der Waals surface area contributed by atoms with Gasteiger partial charge >= 0.3 is 0 Å². The van der Waals surface area contributed by atoms with Crippen LogP contribution in [0.5, 0.6) is 5.75 Å². The van der Waals surface area contributed by atoms with Crippen LogP contribution in [0.1, 0.15) is 30.1 Å². The molecule has 7 heteroatoms. The maximum atomic E-state index is 12.3. The average Bonchev–Trinajstić information content (AvgIpc) is 2.59. The Morgan fingerprint density at radius 1 is 1.29 bits per heavy atom. The van der Waals surface area contributed by atoms with Gasteiger partial charge in [0.25, 0.3) is 5.91 Å². The molecule has 0 radical (unpaired) electrons. The molecular formula is C17H21ClN2O4. The first kappa shape index (κ1) is 18.3. The number of Topliss-reactive ketones (excluding diaryl/α,β-unsaturated/α-hetero) is 1. The largest absolute Gasteiger partial charge is 0.483 e. The molecule has 1 aromatic carbocycles. The van der Waals surface area contributed by atoms with E-state index in [1.54, 1.807) is 24.1 Å². The van der Waals surface area contributed by atoms with Gasteiger partial charge in [-0.05, 0) is 38.0 Å². The predicted molar refractivity (Wildman–Crippen MR) is 90.3 cm³/mol. The van der Waals surface area contributed by atoms with Gasteiger partial charge in [-0.2, -0.15) is 0 Å². The van der Waals surface area contributed by atoms with E-state index in [9.17, 15) is 14.4 Å². The Hall–Kier alpha value is -2.08. The van der Waals surface area contributed by atoms with E-state index in [0.29, 0.717) is 42.3 Å². The van der Waals surface area contributed by atoms with Crippen LogP contribution >= 0.6 is 11.6 Å². The second-order valence-electron chi connectivity index (χ2n) is 5.75. The fourth-order valence-electron chi connectivity index (χ4n) is 2.73. The van der Waals surface area contributed by atoms with Crippen LogP contribution in [0.25, 0.3) is 0 Å². The van der Waals surface area contributed by atoms with Gasteiger partial charge in [0.2, 0.25) is 5.91 Å². The minimum absolute atomic E-state index is 0.0191. The SMILES string of the molecule is CNC(=O)C1CCN(C(=O)COc2ccc(Cl)cc2C(C)=O)CC1. The first-order valence-electron chi connectivity index (χ1n) is 7.85. The molecule has 1 fully saturated rings. The van der Waals surface area contributed by atoms with Gasteiger partial charge in [0, 0.05) is 31.1 Å². The van der Waals surface area contributed by atoms with Crippen LogP contribution in [0.3, 0.4) is 0 Å². The molecule has 0 spiro atoms. The summed E-state index contributed by atoms with van der Waals surface area (Å²) >= 11 is 5.88. The van der Waals surface area contributed by atoms with Gasteiger partial charge < -0.3 is 15.0 Å². The van der Waals surface area contributed by atoms with Crippen molar-refractivity contribution in [1.82, 2.24) is 10.2 Å². The summed E-state index contributed by atoms with van der Waals surface area (Å²) in [4.78, 5) is 37.2. The quantitative estimate of drug-likeness (QED) is 0.821. The van der Waals surface area contributed by atoms with E-state index in [1.165, 1.54) is 13.0 Å². The summed E-state index contributed by atoms with van der Waals surface area (Å²) in [7, 11) is 1.62. The lowest BCUT2D eigenvalue weighted by molar-refractivity contribution is -0.137. The topological polar surface area (TPSA) is 75.7 Å². The molecule has 0 bridgehead atoms. The summed E-state index contributed by atoms with van der Waals surface area (Å²) in [6.45, 7) is 2.33. The number of carbonyl (C=O) groups excluding carboxylic acids is 3. The Labute approximate surface area is 146 Å². The lowest BCUT2D eigenvalue weighted by Gasteiger charge is -2.31. The zero-order valence-electron chi connectivity index (χ0n) is 13.8. The molecule has 24 heavy (non-hydrogen) atoms.